The summed E-state index contributed by atoms with van der Waals surface area (Å²) in [6, 6.07) is 3.67. The van der Waals surface area contributed by atoms with Crippen molar-refractivity contribution in [2.24, 2.45) is 0 Å². The van der Waals surface area contributed by atoms with Gasteiger partial charge in [-0.1, -0.05) is 6.07 Å². The summed E-state index contributed by atoms with van der Waals surface area (Å²) in [7, 11) is 1.71. The molecule has 0 spiro atoms. The third kappa shape index (κ3) is 2.27. The van der Waals surface area contributed by atoms with E-state index in [1.165, 1.54) is 6.92 Å². The molecule has 0 N–H and O–H groups in total. The topological polar surface area (TPSA) is 59.5 Å². The van der Waals surface area contributed by atoms with Gasteiger partial charge in [0.15, 0.2) is 6.10 Å². The van der Waals surface area contributed by atoms with Crippen LogP contribution in [0, 0.1) is 0 Å². The normalized spacial score (nSPS) is 23.9. The van der Waals surface area contributed by atoms with E-state index in [1.54, 1.807) is 24.3 Å². The van der Waals surface area contributed by atoms with Crippen molar-refractivity contribution in [3.05, 3.63) is 30.1 Å². The Bertz CT molecular complexity index is 433. The molecule has 2 rings (SSSR count). The summed E-state index contributed by atoms with van der Waals surface area (Å²) in [4.78, 5) is 28.4. The van der Waals surface area contributed by atoms with E-state index in [0.29, 0.717) is 6.42 Å². The third-order valence-electron chi connectivity index (χ3n) is 2.91. The molecule has 2 atom stereocenters. The average molecular weight is 234 g/mol. The zero-order valence-corrected chi connectivity index (χ0v) is 9.79. The van der Waals surface area contributed by atoms with Crippen molar-refractivity contribution in [3.8, 4) is 0 Å². The van der Waals surface area contributed by atoms with Gasteiger partial charge in [0, 0.05) is 32.8 Å². The van der Waals surface area contributed by atoms with Gasteiger partial charge in [0.05, 0.1) is 6.04 Å². The Labute approximate surface area is 99.4 Å². The van der Waals surface area contributed by atoms with Gasteiger partial charge in [-0.15, -0.1) is 0 Å². The van der Waals surface area contributed by atoms with Crippen molar-refractivity contribution in [1.82, 2.24) is 9.88 Å². The van der Waals surface area contributed by atoms with Crippen LogP contribution in [-0.2, 0) is 14.3 Å². The van der Waals surface area contributed by atoms with E-state index in [-0.39, 0.29) is 11.9 Å². The number of carbonyl (C=O) groups is 2. The smallest absolute Gasteiger partial charge is 0.303 e. The fourth-order valence-electron chi connectivity index (χ4n) is 2.07. The molecule has 0 radical (unpaired) electrons. The van der Waals surface area contributed by atoms with Gasteiger partial charge in [-0.2, -0.15) is 0 Å². The summed E-state index contributed by atoms with van der Waals surface area (Å²) < 4.78 is 5.00. The summed E-state index contributed by atoms with van der Waals surface area (Å²) >= 11 is 0. The molecule has 90 valence electrons. The lowest BCUT2D eigenvalue weighted by Gasteiger charge is -2.18. The van der Waals surface area contributed by atoms with Gasteiger partial charge >= 0.3 is 5.97 Å². The Hall–Kier alpha value is -1.91. The van der Waals surface area contributed by atoms with Crippen LogP contribution in [0.4, 0.5) is 0 Å². The van der Waals surface area contributed by atoms with Crippen molar-refractivity contribution in [2.75, 3.05) is 7.05 Å². The number of rotatable bonds is 2. The van der Waals surface area contributed by atoms with Gasteiger partial charge in [0.25, 0.3) is 5.91 Å². The SMILES string of the molecule is CC(=O)OC1CC(c2cccnc2)N(C)C1=O. The van der Waals surface area contributed by atoms with Crippen LogP contribution in [0.1, 0.15) is 24.9 Å². The number of carbonyl (C=O) groups excluding carboxylic acids is 2. The number of esters is 1. The minimum atomic E-state index is -0.664. The monoisotopic (exact) mass is 234 g/mol. The van der Waals surface area contributed by atoms with Crippen molar-refractivity contribution in [2.45, 2.75) is 25.5 Å². The lowest BCUT2D eigenvalue weighted by Crippen LogP contribution is -2.29. The zero-order valence-electron chi connectivity index (χ0n) is 9.79. The van der Waals surface area contributed by atoms with E-state index >= 15 is 0 Å². The maximum atomic E-state index is 11.9. The molecule has 1 aliphatic rings. The molecule has 1 saturated heterocycles. The average Bonchev–Trinajstić information content (AvgIpc) is 2.58. The number of likely N-dealkylation sites (N-methyl/N-ethyl adjacent to an activating group) is 1. The van der Waals surface area contributed by atoms with Crippen molar-refractivity contribution >= 4 is 11.9 Å². The molecule has 0 aromatic carbocycles. The summed E-state index contributed by atoms with van der Waals surface area (Å²) in [5, 5.41) is 0. The Morgan fingerprint density at radius 2 is 2.35 bits per heavy atom. The quantitative estimate of drug-likeness (QED) is 0.714. The van der Waals surface area contributed by atoms with E-state index in [1.807, 2.05) is 12.1 Å². The first-order chi connectivity index (χ1) is 8.09. The summed E-state index contributed by atoms with van der Waals surface area (Å²) in [5.74, 6) is -0.586. The molecule has 1 aromatic heterocycles. The van der Waals surface area contributed by atoms with Crippen LogP contribution in [0.15, 0.2) is 24.5 Å². The molecule has 0 aliphatic carbocycles. The molecule has 5 nitrogen and oxygen atoms in total. The number of pyridine rings is 1. The third-order valence-corrected chi connectivity index (χ3v) is 2.91. The van der Waals surface area contributed by atoms with E-state index in [9.17, 15) is 9.59 Å². The van der Waals surface area contributed by atoms with Crippen molar-refractivity contribution < 1.29 is 14.3 Å². The van der Waals surface area contributed by atoms with Crippen molar-refractivity contribution in [1.29, 1.82) is 0 Å². The number of hydrogen-bond donors (Lipinski definition) is 0. The molecule has 1 fully saturated rings. The molecule has 17 heavy (non-hydrogen) atoms. The van der Waals surface area contributed by atoms with E-state index in [2.05, 4.69) is 4.98 Å². The summed E-state index contributed by atoms with van der Waals surface area (Å²) in [5.41, 5.74) is 0.956. The summed E-state index contributed by atoms with van der Waals surface area (Å²) in [6.07, 6.45) is 3.23. The zero-order chi connectivity index (χ0) is 12.4. The lowest BCUT2D eigenvalue weighted by atomic mass is 10.1. The van der Waals surface area contributed by atoms with Gasteiger partial charge in [0.2, 0.25) is 0 Å². The molecule has 2 unspecified atom stereocenters. The minimum Gasteiger partial charge on any atom is -0.452 e. The number of amides is 1. The predicted molar refractivity (Wildman–Crippen MR) is 59.9 cm³/mol. The molecule has 2 heterocycles. The maximum Gasteiger partial charge on any atom is 0.303 e. The predicted octanol–water partition coefficient (Wildman–Crippen LogP) is 0.916. The van der Waals surface area contributed by atoms with Gasteiger partial charge < -0.3 is 9.64 Å². The van der Waals surface area contributed by atoms with Crippen LogP contribution in [-0.4, -0.2) is 34.9 Å². The molecule has 1 aliphatic heterocycles. The highest BCUT2D eigenvalue weighted by molar-refractivity contribution is 5.85. The minimum absolute atomic E-state index is 0.0689. The van der Waals surface area contributed by atoms with Crippen molar-refractivity contribution in [3.63, 3.8) is 0 Å². The van der Waals surface area contributed by atoms with E-state index in [4.69, 9.17) is 4.74 Å². The van der Waals surface area contributed by atoms with Gasteiger partial charge in [-0.25, -0.2) is 0 Å². The van der Waals surface area contributed by atoms with Crippen LogP contribution in [0.3, 0.4) is 0 Å². The Balaban J connectivity index is 2.17. The molecular weight excluding hydrogens is 220 g/mol. The fraction of sp³-hybridized carbons (Fsp3) is 0.417. The second-order valence-corrected chi connectivity index (χ2v) is 4.09. The van der Waals surface area contributed by atoms with Crippen LogP contribution >= 0.6 is 0 Å². The Morgan fingerprint density at radius 1 is 1.59 bits per heavy atom. The Morgan fingerprint density at radius 3 is 2.94 bits per heavy atom. The van der Waals surface area contributed by atoms with Gasteiger partial charge in [0.1, 0.15) is 0 Å². The highest BCUT2D eigenvalue weighted by Gasteiger charge is 2.40. The van der Waals surface area contributed by atoms with Crippen LogP contribution < -0.4 is 0 Å². The maximum absolute atomic E-state index is 11.9. The Kier molecular flexibility index (Phi) is 3.08. The highest BCUT2D eigenvalue weighted by Crippen LogP contribution is 2.32. The van der Waals surface area contributed by atoms with Crippen LogP contribution in [0.25, 0.3) is 0 Å². The van der Waals surface area contributed by atoms with Crippen LogP contribution in [0.2, 0.25) is 0 Å². The standard InChI is InChI=1S/C12H14N2O3/c1-8(15)17-11-6-10(14(2)12(11)16)9-4-3-5-13-7-9/h3-5,7,10-11H,6H2,1-2H3. The molecule has 0 saturated carbocycles. The molecular formula is C12H14N2O3. The van der Waals surface area contributed by atoms with E-state index < -0.39 is 12.1 Å². The fourth-order valence-corrected chi connectivity index (χ4v) is 2.07. The second-order valence-electron chi connectivity index (χ2n) is 4.09. The van der Waals surface area contributed by atoms with Crippen LogP contribution in [0.5, 0.6) is 0 Å². The van der Waals surface area contributed by atoms with E-state index in [0.717, 1.165) is 5.56 Å². The molecule has 5 heteroatoms. The first-order valence-electron chi connectivity index (χ1n) is 5.43. The first kappa shape index (κ1) is 11.6. The molecule has 1 amide bonds. The summed E-state index contributed by atoms with van der Waals surface area (Å²) in [6.45, 7) is 1.31. The largest absolute Gasteiger partial charge is 0.452 e. The van der Waals surface area contributed by atoms with Gasteiger partial charge in [-0.3, -0.25) is 14.6 Å². The number of hydrogen-bond acceptors (Lipinski definition) is 4. The first-order valence-corrected chi connectivity index (χ1v) is 5.43. The number of aromatic nitrogens is 1. The van der Waals surface area contributed by atoms with Gasteiger partial charge in [-0.05, 0) is 11.6 Å². The lowest BCUT2D eigenvalue weighted by molar-refractivity contribution is -0.153. The molecule has 0 bridgehead atoms. The number of likely N-dealkylation sites (tertiary alicyclic amines) is 1. The molecule has 1 aromatic rings. The second kappa shape index (κ2) is 4.53. The number of nitrogens with zero attached hydrogens (tertiary/aromatic N) is 2. The highest BCUT2D eigenvalue weighted by atomic mass is 16.5. The number of ether oxygens (including phenoxy) is 1.